The summed E-state index contributed by atoms with van der Waals surface area (Å²) in [5, 5.41) is 0. The maximum absolute atomic E-state index is 6.19. The van der Waals surface area contributed by atoms with Gasteiger partial charge < -0.3 is 19.9 Å². The van der Waals surface area contributed by atoms with Crippen LogP contribution >= 0.6 is 0 Å². The summed E-state index contributed by atoms with van der Waals surface area (Å²) < 4.78 is 16.5. The van der Waals surface area contributed by atoms with E-state index in [0.717, 1.165) is 45.9 Å². The van der Waals surface area contributed by atoms with Crippen LogP contribution in [0.3, 0.4) is 0 Å². The number of morpholine rings is 1. The van der Waals surface area contributed by atoms with Crippen LogP contribution in [0.15, 0.2) is 0 Å². The Kier molecular flexibility index (Phi) is 8.82. The number of nitrogens with two attached hydrogens (primary N) is 1. The molecule has 1 aliphatic rings. The van der Waals surface area contributed by atoms with Crippen molar-refractivity contribution in [1.82, 2.24) is 4.90 Å². The highest BCUT2D eigenvalue weighted by Gasteiger charge is 2.18. The zero-order chi connectivity index (χ0) is 13.2. The van der Waals surface area contributed by atoms with Gasteiger partial charge in [-0.25, -0.2) is 0 Å². The molecule has 1 heterocycles. The first-order valence-corrected chi connectivity index (χ1v) is 8.90. The summed E-state index contributed by atoms with van der Waals surface area (Å²) in [5.74, 6) is 0.0666. The summed E-state index contributed by atoms with van der Waals surface area (Å²) in [6.45, 7) is 9.03. The van der Waals surface area contributed by atoms with Gasteiger partial charge in [0.1, 0.15) is 5.91 Å². The summed E-state index contributed by atoms with van der Waals surface area (Å²) >= 11 is 0. The maximum Gasteiger partial charge on any atom is 0.134 e. The van der Waals surface area contributed by atoms with Gasteiger partial charge in [-0.3, -0.25) is 4.90 Å². The molecule has 0 saturated carbocycles. The molecule has 1 rings (SSSR count). The lowest BCUT2D eigenvalue weighted by molar-refractivity contribution is -0.0828. The van der Waals surface area contributed by atoms with Crippen LogP contribution < -0.4 is 5.73 Å². The lowest BCUT2D eigenvalue weighted by atomic mass is 10.3. The predicted molar refractivity (Wildman–Crippen MR) is 75.4 cm³/mol. The minimum atomic E-state index is -0.357. The van der Waals surface area contributed by atoms with E-state index < -0.39 is 0 Å². The van der Waals surface area contributed by atoms with Gasteiger partial charge in [-0.2, -0.15) is 0 Å². The standard InChI is InChI=1S/C12H28N2O3Si/c1-3-16-12(17-4-2)18-10-5-11(13)14-6-8-15-9-7-14/h11-12H,3-10,13,18H2,1-2H3. The number of hydrogen-bond donors (Lipinski definition) is 1. The van der Waals surface area contributed by atoms with E-state index in [-0.39, 0.29) is 21.6 Å². The van der Waals surface area contributed by atoms with E-state index in [2.05, 4.69) is 4.90 Å². The monoisotopic (exact) mass is 276 g/mol. The summed E-state index contributed by atoms with van der Waals surface area (Å²) in [5.41, 5.74) is 6.19. The van der Waals surface area contributed by atoms with Crippen molar-refractivity contribution in [3.8, 4) is 0 Å². The highest BCUT2D eigenvalue weighted by molar-refractivity contribution is 6.36. The Morgan fingerprint density at radius 2 is 1.83 bits per heavy atom. The fraction of sp³-hybridized carbons (Fsp3) is 1.00. The number of rotatable bonds is 9. The zero-order valence-electron chi connectivity index (χ0n) is 11.8. The molecule has 1 unspecified atom stereocenters. The highest BCUT2D eigenvalue weighted by Crippen LogP contribution is 2.07. The van der Waals surface area contributed by atoms with Gasteiger partial charge in [-0.1, -0.05) is 6.04 Å². The molecule has 1 fully saturated rings. The zero-order valence-corrected chi connectivity index (χ0v) is 13.2. The molecule has 1 aliphatic heterocycles. The van der Waals surface area contributed by atoms with Gasteiger partial charge in [-0.05, 0) is 20.3 Å². The third-order valence-corrected chi connectivity index (χ3v) is 4.92. The Hall–Kier alpha value is 0.0169. The molecule has 0 aliphatic carbocycles. The molecule has 0 aromatic heterocycles. The van der Waals surface area contributed by atoms with Gasteiger partial charge >= 0.3 is 0 Å². The molecule has 0 radical (unpaired) electrons. The number of nitrogens with zero attached hydrogens (tertiary/aromatic N) is 1. The van der Waals surface area contributed by atoms with Crippen LogP contribution in [0.25, 0.3) is 0 Å². The minimum Gasteiger partial charge on any atom is -0.379 e. The molecule has 6 heteroatoms. The molecule has 5 nitrogen and oxygen atoms in total. The van der Waals surface area contributed by atoms with E-state index in [1.807, 2.05) is 13.8 Å². The van der Waals surface area contributed by atoms with E-state index in [0.29, 0.717) is 0 Å². The second-order valence-electron chi connectivity index (χ2n) is 4.49. The fourth-order valence-corrected chi connectivity index (χ4v) is 3.96. The SMILES string of the molecule is CCOC(OCC)[SiH2]CCC(N)N1CCOCC1. The van der Waals surface area contributed by atoms with E-state index in [1.165, 1.54) is 6.04 Å². The van der Waals surface area contributed by atoms with Crippen molar-refractivity contribution in [2.24, 2.45) is 5.73 Å². The smallest absolute Gasteiger partial charge is 0.134 e. The van der Waals surface area contributed by atoms with E-state index >= 15 is 0 Å². The largest absolute Gasteiger partial charge is 0.379 e. The predicted octanol–water partition coefficient (Wildman–Crippen LogP) is -0.0628. The summed E-state index contributed by atoms with van der Waals surface area (Å²) in [6, 6.07) is 1.17. The quantitative estimate of drug-likeness (QED) is 0.472. The van der Waals surface area contributed by atoms with Crippen molar-refractivity contribution in [3.63, 3.8) is 0 Å². The van der Waals surface area contributed by atoms with Crippen molar-refractivity contribution in [2.75, 3.05) is 39.5 Å². The molecule has 1 atom stereocenters. The Balaban J connectivity index is 2.14. The molecule has 2 N–H and O–H groups in total. The topological polar surface area (TPSA) is 57.0 Å². The number of ether oxygens (including phenoxy) is 3. The molecule has 0 aromatic rings. The van der Waals surface area contributed by atoms with Crippen LogP contribution in [0.1, 0.15) is 20.3 Å². The van der Waals surface area contributed by atoms with Gasteiger partial charge in [0, 0.05) is 26.3 Å². The van der Waals surface area contributed by atoms with Gasteiger partial charge in [0.15, 0.2) is 0 Å². The Morgan fingerprint density at radius 1 is 1.22 bits per heavy atom. The lowest BCUT2D eigenvalue weighted by Gasteiger charge is -2.32. The summed E-state index contributed by atoms with van der Waals surface area (Å²) in [4.78, 5) is 2.31. The third-order valence-electron chi connectivity index (χ3n) is 3.16. The Bertz CT molecular complexity index is 198. The first-order chi connectivity index (χ1) is 8.77. The maximum atomic E-state index is 6.19. The number of hydrogen-bond acceptors (Lipinski definition) is 5. The van der Waals surface area contributed by atoms with E-state index in [9.17, 15) is 0 Å². The van der Waals surface area contributed by atoms with Crippen molar-refractivity contribution in [1.29, 1.82) is 0 Å². The molecule has 0 bridgehead atoms. The molecule has 1 saturated heterocycles. The van der Waals surface area contributed by atoms with Crippen LogP contribution in [-0.4, -0.2) is 66.0 Å². The first kappa shape index (κ1) is 16.1. The third kappa shape index (κ3) is 6.26. The van der Waals surface area contributed by atoms with Crippen LogP contribution in [-0.2, 0) is 14.2 Å². The minimum absolute atomic E-state index is 0.0666. The van der Waals surface area contributed by atoms with Gasteiger partial charge in [0.25, 0.3) is 0 Å². The first-order valence-electron chi connectivity index (χ1n) is 7.08. The fourth-order valence-electron chi connectivity index (χ4n) is 2.17. The summed E-state index contributed by atoms with van der Waals surface area (Å²) in [7, 11) is -0.357. The van der Waals surface area contributed by atoms with Gasteiger partial charge in [-0.15, -0.1) is 0 Å². The second kappa shape index (κ2) is 9.88. The van der Waals surface area contributed by atoms with Crippen LogP contribution in [0, 0.1) is 0 Å². The second-order valence-corrected chi connectivity index (χ2v) is 6.44. The van der Waals surface area contributed by atoms with Crippen LogP contribution in [0.4, 0.5) is 0 Å². The van der Waals surface area contributed by atoms with Crippen molar-refractivity contribution < 1.29 is 14.2 Å². The van der Waals surface area contributed by atoms with E-state index in [1.54, 1.807) is 0 Å². The van der Waals surface area contributed by atoms with Crippen molar-refractivity contribution >= 4 is 9.52 Å². The lowest BCUT2D eigenvalue weighted by Crippen LogP contribution is -2.48. The Morgan fingerprint density at radius 3 is 2.39 bits per heavy atom. The molecule has 0 spiro atoms. The van der Waals surface area contributed by atoms with Crippen LogP contribution in [0.2, 0.25) is 6.04 Å². The molecule has 108 valence electrons. The average Bonchev–Trinajstić information content (AvgIpc) is 2.40. The van der Waals surface area contributed by atoms with Gasteiger partial charge in [0.2, 0.25) is 0 Å². The summed E-state index contributed by atoms with van der Waals surface area (Å²) in [6.07, 6.45) is 1.22. The van der Waals surface area contributed by atoms with Gasteiger partial charge in [0.05, 0.1) is 28.9 Å². The van der Waals surface area contributed by atoms with Crippen LogP contribution in [0.5, 0.6) is 0 Å². The normalized spacial score (nSPS) is 20.0. The average molecular weight is 276 g/mol. The molecule has 0 amide bonds. The molecular formula is C12H28N2O3Si. The van der Waals surface area contributed by atoms with Crippen molar-refractivity contribution in [2.45, 2.75) is 38.4 Å². The highest BCUT2D eigenvalue weighted by atomic mass is 28.2. The van der Waals surface area contributed by atoms with E-state index in [4.69, 9.17) is 19.9 Å². The molecule has 18 heavy (non-hydrogen) atoms. The molecular weight excluding hydrogens is 248 g/mol. The van der Waals surface area contributed by atoms with Crippen molar-refractivity contribution in [3.05, 3.63) is 0 Å². The Labute approximate surface area is 113 Å². The molecule has 0 aromatic carbocycles.